The van der Waals surface area contributed by atoms with Crippen LogP contribution in [-0.4, -0.2) is 48.0 Å². The standard InChI is InChI=1S/C18H22N4O3S2/c1-11-5-4-6-14(12(11)2)22-10-13(9-15(22)23)16(24)19-17-20-21-18(27-17)26-8-7-25-3/h4-6,13H,7-10H2,1-3H3,(H,19,20,24)/t13-/m0/s1. The summed E-state index contributed by atoms with van der Waals surface area (Å²) in [7, 11) is 1.65. The molecule has 0 bridgehead atoms. The lowest BCUT2D eigenvalue weighted by Crippen LogP contribution is -2.28. The lowest BCUT2D eigenvalue weighted by Gasteiger charge is -2.20. The summed E-state index contributed by atoms with van der Waals surface area (Å²) in [6.07, 6.45) is 0.202. The molecule has 0 saturated carbocycles. The highest BCUT2D eigenvalue weighted by atomic mass is 32.2. The lowest BCUT2D eigenvalue weighted by molar-refractivity contribution is -0.122. The normalized spacial score (nSPS) is 16.8. The highest BCUT2D eigenvalue weighted by molar-refractivity contribution is 8.01. The Balaban J connectivity index is 1.61. The van der Waals surface area contributed by atoms with Crippen molar-refractivity contribution >= 4 is 45.7 Å². The molecule has 1 aromatic carbocycles. The SMILES string of the molecule is COCCSc1nnc(NC(=O)[C@H]2CC(=O)N(c3cccc(C)c3C)C2)s1. The van der Waals surface area contributed by atoms with E-state index < -0.39 is 5.92 Å². The van der Waals surface area contributed by atoms with Gasteiger partial charge < -0.3 is 15.0 Å². The summed E-state index contributed by atoms with van der Waals surface area (Å²) in [5.41, 5.74) is 3.07. The van der Waals surface area contributed by atoms with Gasteiger partial charge in [0.1, 0.15) is 0 Å². The van der Waals surface area contributed by atoms with Gasteiger partial charge in [-0.25, -0.2) is 0 Å². The van der Waals surface area contributed by atoms with Crippen LogP contribution in [0.25, 0.3) is 0 Å². The fourth-order valence-corrected chi connectivity index (χ4v) is 4.61. The molecule has 2 heterocycles. The number of aryl methyl sites for hydroxylation is 1. The van der Waals surface area contributed by atoms with Crippen LogP contribution in [0.3, 0.4) is 0 Å². The molecule has 1 saturated heterocycles. The van der Waals surface area contributed by atoms with Gasteiger partial charge in [0, 0.05) is 31.5 Å². The number of amides is 2. The van der Waals surface area contributed by atoms with Crippen LogP contribution in [0.4, 0.5) is 10.8 Å². The Hall–Kier alpha value is -1.97. The molecule has 9 heteroatoms. The first-order valence-corrected chi connectivity index (χ1v) is 10.4. The second-order valence-corrected chi connectivity index (χ2v) is 8.65. The van der Waals surface area contributed by atoms with E-state index in [-0.39, 0.29) is 18.2 Å². The van der Waals surface area contributed by atoms with Crippen molar-refractivity contribution in [2.75, 3.05) is 36.2 Å². The first-order valence-electron chi connectivity index (χ1n) is 8.62. The molecule has 1 atom stereocenters. The molecule has 27 heavy (non-hydrogen) atoms. The molecule has 1 N–H and O–H groups in total. The van der Waals surface area contributed by atoms with Gasteiger partial charge in [-0.2, -0.15) is 0 Å². The number of nitrogens with one attached hydrogen (secondary N) is 1. The van der Waals surface area contributed by atoms with Gasteiger partial charge in [0.15, 0.2) is 4.34 Å². The van der Waals surface area contributed by atoms with Gasteiger partial charge in [-0.3, -0.25) is 9.59 Å². The van der Waals surface area contributed by atoms with E-state index in [4.69, 9.17) is 4.74 Å². The van der Waals surface area contributed by atoms with Crippen LogP contribution in [0.15, 0.2) is 22.5 Å². The number of ether oxygens (including phenoxy) is 1. The Morgan fingerprint density at radius 3 is 3.00 bits per heavy atom. The Bertz CT molecular complexity index is 840. The highest BCUT2D eigenvalue weighted by Crippen LogP contribution is 2.31. The third-order valence-electron chi connectivity index (χ3n) is 4.51. The van der Waals surface area contributed by atoms with E-state index in [1.54, 1.807) is 12.0 Å². The summed E-state index contributed by atoms with van der Waals surface area (Å²) >= 11 is 2.86. The van der Waals surface area contributed by atoms with E-state index in [1.807, 2.05) is 32.0 Å². The van der Waals surface area contributed by atoms with Gasteiger partial charge in [0.25, 0.3) is 0 Å². The summed E-state index contributed by atoms with van der Waals surface area (Å²) in [6, 6.07) is 5.87. The number of hydrogen-bond donors (Lipinski definition) is 1. The van der Waals surface area contributed by atoms with Gasteiger partial charge >= 0.3 is 0 Å². The Morgan fingerprint density at radius 2 is 2.22 bits per heavy atom. The number of nitrogens with zero attached hydrogens (tertiary/aromatic N) is 3. The zero-order valence-electron chi connectivity index (χ0n) is 15.5. The largest absolute Gasteiger partial charge is 0.384 e. The van der Waals surface area contributed by atoms with Crippen molar-refractivity contribution in [3.8, 4) is 0 Å². The minimum Gasteiger partial charge on any atom is -0.384 e. The Morgan fingerprint density at radius 1 is 1.41 bits per heavy atom. The number of thioether (sulfide) groups is 1. The molecule has 1 aliphatic heterocycles. The number of hydrogen-bond acceptors (Lipinski definition) is 7. The van der Waals surface area contributed by atoms with E-state index in [2.05, 4.69) is 15.5 Å². The molecule has 0 spiro atoms. The maximum atomic E-state index is 12.6. The van der Waals surface area contributed by atoms with Gasteiger partial charge in [-0.15, -0.1) is 10.2 Å². The number of aromatic nitrogens is 2. The quantitative estimate of drug-likeness (QED) is 0.432. The number of anilines is 2. The summed E-state index contributed by atoms with van der Waals surface area (Å²) in [6.45, 7) is 5.02. The lowest BCUT2D eigenvalue weighted by atomic mass is 10.1. The molecular formula is C18H22N4O3S2. The second-order valence-electron chi connectivity index (χ2n) is 6.33. The topological polar surface area (TPSA) is 84.4 Å². The van der Waals surface area contributed by atoms with Gasteiger partial charge in [0.05, 0.1) is 12.5 Å². The monoisotopic (exact) mass is 406 g/mol. The molecule has 1 fully saturated rings. The van der Waals surface area contributed by atoms with Crippen molar-refractivity contribution < 1.29 is 14.3 Å². The van der Waals surface area contributed by atoms with Crippen LogP contribution in [0.2, 0.25) is 0 Å². The number of carbonyl (C=O) groups is 2. The predicted molar refractivity (Wildman–Crippen MR) is 108 cm³/mol. The third-order valence-corrected chi connectivity index (χ3v) is 6.45. The van der Waals surface area contributed by atoms with E-state index in [9.17, 15) is 9.59 Å². The highest BCUT2D eigenvalue weighted by Gasteiger charge is 2.36. The van der Waals surface area contributed by atoms with Crippen LogP contribution in [-0.2, 0) is 14.3 Å². The zero-order valence-corrected chi connectivity index (χ0v) is 17.2. The van der Waals surface area contributed by atoms with Gasteiger partial charge in [-0.05, 0) is 31.0 Å². The summed E-state index contributed by atoms with van der Waals surface area (Å²) in [4.78, 5) is 26.7. The van der Waals surface area contributed by atoms with E-state index in [0.717, 1.165) is 26.9 Å². The fraction of sp³-hybridized carbons (Fsp3) is 0.444. The first-order chi connectivity index (χ1) is 13.0. The maximum Gasteiger partial charge on any atom is 0.231 e. The molecule has 0 radical (unpaired) electrons. The zero-order chi connectivity index (χ0) is 19.4. The molecule has 3 rings (SSSR count). The van der Waals surface area contributed by atoms with Crippen LogP contribution in [0.5, 0.6) is 0 Å². The molecule has 0 aliphatic carbocycles. The number of benzene rings is 1. The average molecular weight is 407 g/mol. The first kappa shape index (κ1) is 19.8. The minimum atomic E-state index is -0.397. The van der Waals surface area contributed by atoms with Crippen LogP contribution >= 0.6 is 23.1 Å². The number of carbonyl (C=O) groups excluding carboxylic acids is 2. The van der Waals surface area contributed by atoms with Crippen molar-refractivity contribution in [2.45, 2.75) is 24.6 Å². The molecule has 2 amide bonds. The average Bonchev–Trinajstić information content (AvgIpc) is 3.24. The molecule has 1 aliphatic rings. The second kappa shape index (κ2) is 8.81. The molecule has 2 aromatic rings. The third kappa shape index (κ3) is 4.66. The smallest absolute Gasteiger partial charge is 0.231 e. The van der Waals surface area contributed by atoms with Gasteiger partial charge in [-0.1, -0.05) is 35.2 Å². The summed E-state index contributed by atoms with van der Waals surface area (Å²) in [5, 5.41) is 11.3. The van der Waals surface area contributed by atoms with Crippen molar-refractivity contribution in [2.24, 2.45) is 5.92 Å². The molecule has 144 valence electrons. The van der Waals surface area contributed by atoms with Crippen LogP contribution < -0.4 is 10.2 Å². The van der Waals surface area contributed by atoms with Crippen LogP contribution in [0, 0.1) is 19.8 Å². The number of rotatable bonds is 7. The molecule has 0 unspecified atom stereocenters. The fourth-order valence-electron chi connectivity index (χ4n) is 2.88. The predicted octanol–water partition coefficient (Wildman–Crippen LogP) is 2.89. The molecule has 7 nitrogen and oxygen atoms in total. The van der Waals surface area contributed by atoms with Crippen molar-refractivity contribution in [1.82, 2.24) is 10.2 Å². The Labute approximate surface area is 166 Å². The molecule has 1 aromatic heterocycles. The van der Waals surface area contributed by atoms with Crippen LogP contribution in [0.1, 0.15) is 17.5 Å². The maximum absolute atomic E-state index is 12.6. The number of methoxy groups -OCH3 is 1. The Kier molecular flexibility index (Phi) is 6.46. The van der Waals surface area contributed by atoms with Gasteiger partial charge in [0.2, 0.25) is 16.9 Å². The summed E-state index contributed by atoms with van der Waals surface area (Å²) in [5.74, 6) is 0.157. The molecular weight excluding hydrogens is 384 g/mol. The van der Waals surface area contributed by atoms with E-state index in [1.165, 1.54) is 23.1 Å². The van der Waals surface area contributed by atoms with E-state index in [0.29, 0.717) is 18.3 Å². The van der Waals surface area contributed by atoms with Crippen molar-refractivity contribution in [3.63, 3.8) is 0 Å². The van der Waals surface area contributed by atoms with Crippen molar-refractivity contribution in [3.05, 3.63) is 29.3 Å². The summed E-state index contributed by atoms with van der Waals surface area (Å²) < 4.78 is 5.78. The van der Waals surface area contributed by atoms with E-state index >= 15 is 0 Å². The minimum absolute atomic E-state index is 0.0306. The van der Waals surface area contributed by atoms with Crippen molar-refractivity contribution in [1.29, 1.82) is 0 Å².